The van der Waals surface area contributed by atoms with Crippen molar-refractivity contribution in [2.45, 2.75) is 45.4 Å². The first-order valence-electron chi connectivity index (χ1n) is 7.55. The van der Waals surface area contributed by atoms with Crippen LogP contribution in [0.1, 0.15) is 51.0 Å². The Balaban J connectivity index is 2.51. The fourth-order valence-electron chi connectivity index (χ4n) is 2.20. The second-order valence-electron chi connectivity index (χ2n) is 5.19. The molecule has 0 spiro atoms. The van der Waals surface area contributed by atoms with Gasteiger partial charge in [0.15, 0.2) is 0 Å². The monoisotopic (exact) mass is 278 g/mol. The number of aliphatic hydroxyl groups is 1. The fourth-order valence-corrected chi connectivity index (χ4v) is 2.20. The molecule has 0 amide bonds. The van der Waals surface area contributed by atoms with Crippen LogP contribution in [0.2, 0.25) is 0 Å². The molecule has 0 radical (unpaired) electrons. The van der Waals surface area contributed by atoms with Crippen LogP contribution in [0.4, 0.5) is 0 Å². The summed E-state index contributed by atoms with van der Waals surface area (Å²) in [5.74, 6) is -0.470. The number of carbonyl (C=O) groups is 1. The minimum atomic E-state index is -0.570. The molecule has 0 fully saturated rings. The molecule has 1 aromatic carbocycles. The Morgan fingerprint density at radius 1 is 1.25 bits per heavy atom. The van der Waals surface area contributed by atoms with Gasteiger partial charge in [0, 0.05) is 0 Å². The Hall–Kier alpha value is -1.35. The lowest BCUT2D eigenvalue weighted by atomic mass is 9.99. The molecule has 1 rings (SSSR count). The maximum absolute atomic E-state index is 12.1. The molecule has 2 atom stereocenters. The van der Waals surface area contributed by atoms with Gasteiger partial charge in [0.05, 0.1) is 13.2 Å². The van der Waals surface area contributed by atoms with Gasteiger partial charge in [-0.05, 0) is 17.9 Å². The van der Waals surface area contributed by atoms with E-state index in [0.717, 1.165) is 31.2 Å². The lowest BCUT2D eigenvalue weighted by Crippen LogP contribution is -2.22. The summed E-state index contributed by atoms with van der Waals surface area (Å²) in [6.07, 6.45) is 4.43. The molecular formula is C17H26O3. The number of hydrogen-bond donors (Lipinski definition) is 1. The van der Waals surface area contributed by atoms with Gasteiger partial charge in [-0.15, -0.1) is 0 Å². The second kappa shape index (κ2) is 9.54. The summed E-state index contributed by atoms with van der Waals surface area (Å²) in [6.45, 7) is 4.53. The van der Waals surface area contributed by atoms with Crippen molar-refractivity contribution in [1.29, 1.82) is 0 Å². The average Bonchev–Trinajstić information content (AvgIpc) is 2.49. The van der Waals surface area contributed by atoms with Gasteiger partial charge in [-0.25, -0.2) is 0 Å². The molecule has 0 aliphatic rings. The maximum Gasteiger partial charge on any atom is 0.315 e. The van der Waals surface area contributed by atoms with Gasteiger partial charge in [-0.2, -0.15) is 0 Å². The van der Waals surface area contributed by atoms with Gasteiger partial charge in [0.25, 0.3) is 0 Å². The first-order valence-corrected chi connectivity index (χ1v) is 7.55. The first kappa shape index (κ1) is 16.7. The van der Waals surface area contributed by atoms with Crippen LogP contribution in [-0.2, 0) is 9.53 Å². The van der Waals surface area contributed by atoms with Crippen molar-refractivity contribution in [3.05, 3.63) is 35.9 Å². The second-order valence-corrected chi connectivity index (χ2v) is 5.19. The number of esters is 1. The van der Waals surface area contributed by atoms with Crippen LogP contribution in [0.5, 0.6) is 0 Å². The number of aliphatic hydroxyl groups excluding tert-OH is 1. The van der Waals surface area contributed by atoms with Crippen molar-refractivity contribution in [3.63, 3.8) is 0 Å². The lowest BCUT2D eigenvalue weighted by Gasteiger charge is -2.18. The maximum atomic E-state index is 12.1. The van der Waals surface area contributed by atoms with Gasteiger partial charge in [-0.1, -0.05) is 63.4 Å². The predicted octanol–water partition coefficient (Wildman–Crippen LogP) is 3.52. The van der Waals surface area contributed by atoms with Crippen molar-refractivity contribution >= 4 is 5.97 Å². The highest BCUT2D eigenvalue weighted by molar-refractivity contribution is 5.78. The SMILES string of the molecule is CCCCC(CC)COC(=O)C(CO)c1ccccc1. The fraction of sp³-hybridized carbons (Fsp3) is 0.588. The third-order valence-electron chi connectivity index (χ3n) is 3.67. The van der Waals surface area contributed by atoms with E-state index in [-0.39, 0.29) is 12.6 Å². The van der Waals surface area contributed by atoms with E-state index in [1.807, 2.05) is 30.3 Å². The Bertz CT molecular complexity index is 375. The predicted molar refractivity (Wildman–Crippen MR) is 80.5 cm³/mol. The van der Waals surface area contributed by atoms with E-state index in [1.165, 1.54) is 0 Å². The zero-order chi connectivity index (χ0) is 14.8. The zero-order valence-corrected chi connectivity index (χ0v) is 12.5. The highest BCUT2D eigenvalue weighted by Gasteiger charge is 2.22. The van der Waals surface area contributed by atoms with E-state index in [2.05, 4.69) is 13.8 Å². The summed E-state index contributed by atoms with van der Waals surface area (Å²) in [5, 5.41) is 9.41. The quantitative estimate of drug-likeness (QED) is 0.703. The molecule has 0 heterocycles. The molecular weight excluding hydrogens is 252 g/mol. The minimum absolute atomic E-state index is 0.214. The van der Waals surface area contributed by atoms with E-state index in [1.54, 1.807) is 0 Å². The van der Waals surface area contributed by atoms with Gasteiger partial charge in [-0.3, -0.25) is 4.79 Å². The van der Waals surface area contributed by atoms with Crippen LogP contribution in [0.25, 0.3) is 0 Å². The molecule has 0 aromatic heterocycles. The largest absolute Gasteiger partial charge is 0.465 e. The Morgan fingerprint density at radius 3 is 2.50 bits per heavy atom. The lowest BCUT2D eigenvalue weighted by molar-refractivity contribution is -0.148. The van der Waals surface area contributed by atoms with Crippen LogP contribution in [0.3, 0.4) is 0 Å². The minimum Gasteiger partial charge on any atom is -0.465 e. The molecule has 1 aromatic rings. The molecule has 0 bridgehead atoms. The summed E-state index contributed by atoms with van der Waals surface area (Å²) in [4.78, 5) is 12.1. The summed E-state index contributed by atoms with van der Waals surface area (Å²) >= 11 is 0. The molecule has 1 N–H and O–H groups in total. The average molecular weight is 278 g/mol. The Labute approximate surface area is 122 Å². The molecule has 3 heteroatoms. The molecule has 0 aliphatic carbocycles. The third-order valence-corrected chi connectivity index (χ3v) is 3.67. The number of unbranched alkanes of at least 4 members (excludes halogenated alkanes) is 1. The molecule has 3 nitrogen and oxygen atoms in total. The smallest absolute Gasteiger partial charge is 0.315 e. The molecule has 112 valence electrons. The van der Waals surface area contributed by atoms with Crippen LogP contribution >= 0.6 is 0 Å². The van der Waals surface area contributed by atoms with Crippen LogP contribution in [0.15, 0.2) is 30.3 Å². The third kappa shape index (κ3) is 5.33. The van der Waals surface area contributed by atoms with Gasteiger partial charge < -0.3 is 9.84 Å². The number of benzene rings is 1. The molecule has 20 heavy (non-hydrogen) atoms. The summed E-state index contributed by atoms with van der Waals surface area (Å²) in [5.41, 5.74) is 0.807. The van der Waals surface area contributed by atoms with E-state index in [0.29, 0.717) is 12.5 Å². The highest BCUT2D eigenvalue weighted by Crippen LogP contribution is 2.19. The van der Waals surface area contributed by atoms with Crippen molar-refractivity contribution in [2.24, 2.45) is 5.92 Å². The van der Waals surface area contributed by atoms with Gasteiger partial charge in [0.1, 0.15) is 5.92 Å². The van der Waals surface area contributed by atoms with E-state index < -0.39 is 5.92 Å². The number of ether oxygens (including phenoxy) is 1. The zero-order valence-electron chi connectivity index (χ0n) is 12.5. The van der Waals surface area contributed by atoms with Gasteiger partial charge >= 0.3 is 5.97 Å². The number of hydrogen-bond acceptors (Lipinski definition) is 3. The van der Waals surface area contributed by atoms with Crippen LogP contribution < -0.4 is 0 Å². The van der Waals surface area contributed by atoms with E-state index in [9.17, 15) is 9.90 Å². The summed E-state index contributed by atoms with van der Waals surface area (Å²) in [6, 6.07) is 9.30. The highest BCUT2D eigenvalue weighted by atomic mass is 16.5. The topological polar surface area (TPSA) is 46.5 Å². The molecule has 0 saturated heterocycles. The Morgan fingerprint density at radius 2 is 1.95 bits per heavy atom. The van der Waals surface area contributed by atoms with Crippen molar-refractivity contribution in [3.8, 4) is 0 Å². The summed E-state index contributed by atoms with van der Waals surface area (Å²) < 4.78 is 5.40. The normalized spacial score (nSPS) is 13.8. The molecule has 0 aliphatic heterocycles. The molecule has 0 saturated carbocycles. The van der Waals surface area contributed by atoms with Crippen LogP contribution in [0, 0.1) is 5.92 Å². The number of rotatable bonds is 9. The first-order chi connectivity index (χ1) is 9.72. The van der Waals surface area contributed by atoms with Crippen molar-refractivity contribution < 1.29 is 14.6 Å². The summed E-state index contributed by atoms with van der Waals surface area (Å²) in [7, 11) is 0. The molecule has 2 unspecified atom stereocenters. The van der Waals surface area contributed by atoms with Crippen molar-refractivity contribution in [2.75, 3.05) is 13.2 Å². The standard InChI is InChI=1S/C17H26O3/c1-3-5-9-14(4-2)13-20-17(19)16(12-18)15-10-7-6-8-11-15/h6-8,10-11,14,16,18H,3-5,9,12-13H2,1-2H3. The van der Waals surface area contributed by atoms with E-state index >= 15 is 0 Å². The van der Waals surface area contributed by atoms with Gasteiger partial charge in [0.2, 0.25) is 0 Å². The Kier molecular flexibility index (Phi) is 7.97. The number of carbonyl (C=O) groups excluding carboxylic acids is 1. The van der Waals surface area contributed by atoms with Crippen molar-refractivity contribution in [1.82, 2.24) is 0 Å². The van der Waals surface area contributed by atoms with Crippen LogP contribution in [-0.4, -0.2) is 24.3 Å². The van der Waals surface area contributed by atoms with E-state index in [4.69, 9.17) is 4.74 Å².